The van der Waals surface area contributed by atoms with E-state index in [-0.39, 0.29) is 18.2 Å². The van der Waals surface area contributed by atoms with Crippen molar-refractivity contribution in [2.24, 2.45) is 0 Å². The van der Waals surface area contributed by atoms with Gasteiger partial charge in [0.1, 0.15) is 5.69 Å². The van der Waals surface area contributed by atoms with E-state index in [0.717, 1.165) is 0 Å². The van der Waals surface area contributed by atoms with Crippen LogP contribution in [0.3, 0.4) is 0 Å². The van der Waals surface area contributed by atoms with Gasteiger partial charge in [0.25, 0.3) is 0 Å². The number of nitrogens with zero attached hydrogens (tertiary/aromatic N) is 3. The third-order valence-corrected chi connectivity index (χ3v) is 2.29. The summed E-state index contributed by atoms with van der Waals surface area (Å²) in [5.74, 6) is -0.896. The van der Waals surface area contributed by atoms with Gasteiger partial charge in [0, 0.05) is 25.1 Å². The van der Waals surface area contributed by atoms with Gasteiger partial charge in [-0.25, -0.2) is 24.5 Å². The van der Waals surface area contributed by atoms with Crippen LogP contribution in [0.2, 0.25) is 0 Å². The molecule has 0 atom stereocenters. The topological polar surface area (TPSA) is 117 Å². The van der Waals surface area contributed by atoms with E-state index in [2.05, 4.69) is 25.6 Å². The summed E-state index contributed by atoms with van der Waals surface area (Å²) in [6, 6.07) is 4.13. The number of carbonyl (C=O) groups is 2. The van der Waals surface area contributed by atoms with E-state index in [4.69, 9.17) is 5.11 Å². The lowest BCUT2D eigenvalue weighted by Crippen LogP contribution is -2.29. The summed E-state index contributed by atoms with van der Waals surface area (Å²) in [6.07, 6.45) is 4.41. The molecule has 0 radical (unpaired) electrons. The van der Waals surface area contributed by atoms with E-state index in [1.807, 2.05) is 0 Å². The largest absolute Gasteiger partial charge is 0.477 e. The molecule has 8 heteroatoms. The minimum Gasteiger partial charge on any atom is -0.477 e. The summed E-state index contributed by atoms with van der Waals surface area (Å²) in [5, 5.41) is 13.7. The first kappa shape index (κ1) is 13.4. The average molecular weight is 273 g/mol. The van der Waals surface area contributed by atoms with Crippen molar-refractivity contribution in [3.63, 3.8) is 0 Å². The highest BCUT2D eigenvalue weighted by atomic mass is 16.4. The Labute approximate surface area is 113 Å². The number of hydrogen-bond acceptors (Lipinski definition) is 5. The Morgan fingerprint density at radius 2 is 1.90 bits per heavy atom. The summed E-state index contributed by atoms with van der Waals surface area (Å²) in [6.45, 7) is 0.214. The molecule has 8 nitrogen and oxygen atoms in total. The highest BCUT2D eigenvalue weighted by Crippen LogP contribution is 2.00. The van der Waals surface area contributed by atoms with Gasteiger partial charge in [-0.3, -0.25) is 5.32 Å². The fraction of sp³-hybridized carbons (Fsp3) is 0.0833. The van der Waals surface area contributed by atoms with Crippen molar-refractivity contribution >= 4 is 17.9 Å². The number of rotatable bonds is 4. The van der Waals surface area contributed by atoms with E-state index in [9.17, 15) is 9.59 Å². The molecule has 20 heavy (non-hydrogen) atoms. The number of aromatic carboxylic acids is 1. The molecule has 0 saturated heterocycles. The maximum atomic E-state index is 11.5. The first-order valence-corrected chi connectivity index (χ1v) is 5.65. The Morgan fingerprint density at radius 3 is 2.50 bits per heavy atom. The van der Waals surface area contributed by atoms with Crippen LogP contribution in [0.5, 0.6) is 0 Å². The maximum absolute atomic E-state index is 11.5. The number of nitrogens with one attached hydrogen (secondary N) is 2. The Morgan fingerprint density at radius 1 is 1.15 bits per heavy atom. The molecule has 0 aliphatic heterocycles. The van der Waals surface area contributed by atoms with E-state index in [0.29, 0.717) is 5.56 Å². The molecule has 0 spiro atoms. The molecule has 3 N–H and O–H groups in total. The van der Waals surface area contributed by atoms with E-state index in [1.165, 1.54) is 24.7 Å². The quantitative estimate of drug-likeness (QED) is 0.761. The molecule has 0 fully saturated rings. The molecule has 2 rings (SSSR count). The van der Waals surface area contributed by atoms with Crippen LogP contribution in [0.15, 0.2) is 36.8 Å². The van der Waals surface area contributed by atoms with Crippen LogP contribution in [-0.2, 0) is 6.54 Å². The second-order valence-corrected chi connectivity index (χ2v) is 3.74. The lowest BCUT2D eigenvalue weighted by molar-refractivity contribution is 0.0690. The standard InChI is InChI=1S/C12H11N5O3/c18-10(19)9-3-2-8(6-15-9)7-16-12(20)17-11-13-4-1-5-14-11/h1-6H,7H2,(H,18,19)(H2,13,14,16,17,20). The first-order chi connectivity index (χ1) is 9.65. The monoisotopic (exact) mass is 273 g/mol. The van der Waals surface area contributed by atoms with E-state index in [1.54, 1.807) is 12.1 Å². The number of carboxylic acid groups (broad SMARTS) is 1. The lowest BCUT2D eigenvalue weighted by Gasteiger charge is -2.06. The molecular weight excluding hydrogens is 262 g/mol. The van der Waals surface area contributed by atoms with Crippen LogP contribution in [0, 0.1) is 0 Å². The van der Waals surface area contributed by atoms with Gasteiger partial charge in [-0.15, -0.1) is 0 Å². The average Bonchev–Trinajstić information content (AvgIpc) is 2.46. The van der Waals surface area contributed by atoms with Crippen LogP contribution < -0.4 is 10.6 Å². The molecule has 2 heterocycles. The van der Waals surface area contributed by atoms with Gasteiger partial charge in [-0.05, 0) is 17.7 Å². The maximum Gasteiger partial charge on any atom is 0.354 e. The smallest absolute Gasteiger partial charge is 0.354 e. The Bertz CT molecular complexity index is 600. The number of hydrogen-bond donors (Lipinski definition) is 3. The summed E-state index contributed by atoms with van der Waals surface area (Å²) in [7, 11) is 0. The summed E-state index contributed by atoms with van der Waals surface area (Å²) in [4.78, 5) is 33.6. The van der Waals surface area contributed by atoms with Crippen molar-refractivity contribution in [3.8, 4) is 0 Å². The molecule has 0 bridgehead atoms. The van der Waals surface area contributed by atoms with Crippen molar-refractivity contribution in [2.45, 2.75) is 6.54 Å². The fourth-order valence-corrected chi connectivity index (χ4v) is 1.35. The number of urea groups is 1. The van der Waals surface area contributed by atoms with Crippen molar-refractivity contribution in [1.82, 2.24) is 20.3 Å². The Hall–Kier alpha value is -3.03. The van der Waals surface area contributed by atoms with E-state index >= 15 is 0 Å². The van der Waals surface area contributed by atoms with Gasteiger partial charge in [0.2, 0.25) is 5.95 Å². The predicted octanol–water partition coefficient (Wildman–Crippen LogP) is 0.891. The number of aromatic nitrogens is 3. The minimum atomic E-state index is -1.09. The lowest BCUT2D eigenvalue weighted by atomic mass is 10.2. The normalized spacial score (nSPS) is 9.80. The SMILES string of the molecule is O=C(NCc1ccc(C(=O)O)nc1)Nc1ncccn1. The summed E-state index contributed by atoms with van der Waals surface area (Å²) in [5.41, 5.74) is 0.634. The summed E-state index contributed by atoms with van der Waals surface area (Å²) >= 11 is 0. The van der Waals surface area contributed by atoms with Gasteiger partial charge in [0.15, 0.2) is 0 Å². The second kappa shape index (κ2) is 6.23. The third-order valence-electron chi connectivity index (χ3n) is 2.29. The zero-order chi connectivity index (χ0) is 14.4. The molecule has 0 saturated carbocycles. The Kier molecular flexibility index (Phi) is 4.17. The summed E-state index contributed by atoms with van der Waals surface area (Å²) < 4.78 is 0. The highest BCUT2D eigenvalue weighted by Gasteiger charge is 2.05. The van der Waals surface area contributed by atoms with Gasteiger partial charge in [0.05, 0.1) is 0 Å². The molecule has 2 amide bonds. The zero-order valence-electron chi connectivity index (χ0n) is 10.3. The third kappa shape index (κ3) is 3.73. The van der Waals surface area contributed by atoms with Crippen molar-refractivity contribution in [2.75, 3.05) is 5.32 Å². The van der Waals surface area contributed by atoms with Crippen molar-refractivity contribution < 1.29 is 14.7 Å². The molecule has 2 aromatic rings. The fourth-order valence-electron chi connectivity index (χ4n) is 1.35. The molecule has 0 aliphatic carbocycles. The number of carboxylic acids is 1. The molecule has 0 unspecified atom stereocenters. The highest BCUT2D eigenvalue weighted by molar-refractivity contribution is 5.87. The van der Waals surface area contributed by atoms with Gasteiger partial charge < -0.3 is 10.4 Å². The molecule has 0 aromatic carbocycles. The van der Waals surface area contributed by atoms with Crippen LogP contribution in [0.4, 0.5) is 10.7 Å². The van der Waals surface area contributed by atoms with Gasteiger partial charge in [-0.2, -0.15) is 0 Å². The van der Waals surface area contributed by atoms with Crippen LogP contribution in [0.1, 0.15) is 16.1 Å². The van der Waals surface area contributed by atoms with Gasteiger partial charge in [-0.1, -0.05) is 6.07 Å². The molecule has 2 aromatic heterocycles. The number of amides is 2. The molecular formula is C12H11N5O3. The zero-order valence-corrected chi connectivity index (χ0v) is 10.3. The van der Waals surface area contributed by atoms with Crippen LogP contribution in [0.25, 0.3) is 0 Å². The number of carbonyl (C=O) groups excluding carboxylic acids is 1. The number of anilines is 1. The van der Waals surface area contributed by atoms with Crippen molar-refractivity contribution in [1.29, 1.82) is 0 Å². The number of pyridine rings is 1. The van der Waals surface area contributed by atoms with Crippen molar-refractivity contribution in [3.05, 3.63) is 48.0 Å². The minimum absolute atomic E-state index is 0.0455. The predicted molar refractivity (Wildman–Crippen MR) is 69.1 cm³/mol. The van der Waals surface area contributed by atoms with E-state index < -0.39 is 12.0 Å². The van der Waals surface area contributed by atoms with Crippen LogP contribution >= 0.6 is 0 Å². The molecule has 0 aliphatic rings. The first-order valence-electron chi connectivity index (χ1n) is 5.65. The van der Waals surface area contributed by atoms with Crippen LogP contribution in [-0.4, -0.2) is 32.1 Å². The molecule has 102 valence electrons. The Balaban J connectivity index is 1.85. The van der Waals surface area contributed by atoms with Gasteiger partial charge >= 0.3 is 12.0 Å². The second-order valence-electron chi connectivity index (χ2n) is 3.74.